The van der Waals surface area contributed by atoms with E-state index >= 15 is 0 Å². The molecule has 6 nitrogen and oxygen atoms in total. The SMILES string of the molecule is CC(=O)c1cc(C#N)c([N+](=O)[O-])cc1O. The van der Waals surface area contributed by atoms with E-state index in [1.54, 1.807) is 6.07 Å². The van der Waals surface area contributed by atoms with Crippen LogP contribution in [0.1, 0.15) is 22.8 Å². The summed E-state index contributed by atoms with van der Waals surface area (Å²) in [6, 6.07) is 3.40. The molecule has 76 valence electrons. The smallest absolute Gasteiger partial charge is 0.290 e. The third kappa shape index (κ3) is 1.91. The van der Waals surface area contributed by atoms with Crippen LogP contribution in [-0.4, -0.2) is 15.8 Å². The number of carbonyl (C=O) groups excluding carboxylic acids is 1. The van der Waals surface area contributed by atoms with Gasteiger partial charge in [0.05, 0.1) is 16.6 Å². The Balaban J connectivity index is 3.51. The lowest BCUT2D eigenvalue weighted by molar-refractivity contribution is -0.385. The van der Waals surface area contributed by atoms with E-state index in [1.165, 1.54) is 6.92 Å². The fraction of sp³-hybridized carbons (Fsp3) is 0.111. The van der Waals surface area contributed by atoms with Crippen molar-refractivity contribution in [3.8, 4) is 11.8 Å². The van der Waals surface area contributed by atoms with E-state index in [0.29, 0.717) is 0 Å². The molecule has 1 aromatic rings. The molecular formula is C9H6N2O4. The van der Waals surface area contributed by atoms with E-state index in [9.17, 15) is 20.0 Å². The average Bonchev–Trinajstić information content (AvgIpc) is 2.16. The lowest BCUT2D eigenvalue weighted by Gasteiger charge is -2.01. The first-order valence-electron chi connectivity index (χ1n) is 3.89. The molecule has 0 spiro atoms. The number of Topliss-reactive ketones (excluding diaryl/α,β-unsaturated/α-hetero) is 1. The van der Waals surface area contributed by atoms with Crippen LogP contribution in [0.4, 0.5) is 5.69 Å². The quantitative estimate of drug-likeness (QED) is 0.447. The van der Waals surface area contributed by atoms with Crippen LogP contribution in [0.5, 0.6) is 5.75 Å². The van der Waals surface area contributed by atoms with E-state index in [4.69, 9.17) is 5.26 Å². The van der Waals surface area contributed by atoms with Gasteiger partial charge < -0.3 is 5.11 Å². The number of hydrogen-bond donors (Lipinski definition) is 1. The van der Waals surface area contributed by atoms with E-state index in [-0.39, 0.29) is 11.1 Å². The molecule has 1 N–H and O–H groups in total. The highest BCUT2D eigenvalue weighted by molar-refractivity contribution is 5.97. The van der Waals surface area contributed by atoms with Crippen molar-refractivity contribution in [3.05, 3.63) is 33.4 Å². The number of nitriles is 1. The monoisotopic (exact) mass is 206 g/mol. The summed E-state index contributed by atoms with van der Waals surface area (Å²) >= 11 is 0. The first kappa shape index (κ1) is 10.7. The number of rotatable bonds is 2. The van der Waals surface area contributed by atoms with Gasteiger partial charge in [-0.1, -0.05) is 0 Å². The molecule has 6 heteroatoms. The number of nitro benzene ring substituents is 1. The number of ketones is 1. The molecule has 0 aliphatic rings. The van der Waals surface area contributed by atoms with Crippen molar-refractivity contribution in [1.29, 1.82) is 5.26 Å². The predicted octanol–water partition coefficient (Wildman–Crippen LogP) is 1.37. The largest absolute Gasteiger partial charge is 0.507 e. The van der Waals surface area contributed by atoms with Crippen LogP contribution in [0.15, 0.2) is 12.1 Å². The Hall–Kier alpha value is -2.42. The molecule has 0 aromatic heterocycles. The van der Waals surface area contributed by atoms with Crippen LogP contribution in [0.3, 0.4) is 0 Å². The highest BCUT2D eigenvalue weighted by atomic mass is 16.6. The van der Waals surface area contributed by atoms with Gasteiger partial charge in [-0.15, -0.1) is 0 Å². The number of nitrogens with zero attached hydrogens (tertiary/aromatic N) is 2. The summed E-state index contributed by atoms with van der Waals surface area (Å²) in [5.74, 6) is -0.952. The first-order chi connectivity index (χ1) is 6.97. The molecule has 0 saturated carbocycles. The van der Waals surface area contributed by atoms with E-state index < -0.39 is 22.1 Å². The number of nitro groups is 1. The lowest BCUT2D eigenvalue weighted by Crippen LogP contribution is -1.98. The zero-order valence-electron chi connectivity index (χ0n) is 7.72. The molecule has 1 rings (SSSR count). The number of hydrogen-bond acceptors (Lipinski definition) is 5. The van der Waals surface area contributed by atoms with Gasteiger partial charge in [0.25, 0.3) is 5.69 Å². The normalized spacial score (nSPS) is 9.33. The zero-order valence-corrected chi connectivity index (χ0v) is 7.72. The molecule has 0 radical (unpaired) electrons. The predicted molar refractivity (Wildman–Crippen MR) is 49.5 cm³/mol. The minimum absolute atomic E-state index is 0.0999. The lowest BCUT2D eigenvalue weighted by atomic mass is 10.1. The molecule has 0 bridgehead atoms. The Bertz CT molecular complexity index is 488. The van der Waals surface area contributed by atoms with Gasteiger partial charge >= 0.3 is 0 Å². The highest BCUT2D eigenvalue weighted by Gasteiger charge is 2.19. The van der Waals surface area contributed by atoms with Crippen molar-refractivity contribution in [2.24, 2.45) is 0 Å². The fourth-order valence-corrected chi connectivity index (χ4v) is 1.10. The van der Waals surface area contributed by atoms with E-state index in [2.05, 4.69) is 0 Å². The second-order valence-corrected chi connectivity index (χ2v) is 2.81. The van der Waals surface area contributed by atoms with Gasteiger partial charge in [0.1, 0.15) is 17.4 Å². The van der Waals surface area contributed by atoms with Gasteiger partial charge in [-0.2, -0.15) is 5.26 Å². The van der Waals surface area contributed by atoms with Gasteiger partial charge in [-0.05, 0) is 13.0 Å². The van der Waals surface area contributed by atoms with Crippen LogP contribution < -0.4 is 0 Å². The van der Waals surface area contributed by atoms with Crippen LogP contribution in [0.25, 0.3) is 0 Å². The Labute approximate surface area is 84.5 Å². The minimum Gasteiger partial charge on any atom is -0.507 e. The highest BCUT2D eigenvalue weighted by Crippen LogP contribution is 2.27. The van der Waals surface area contributed by atoms with E-state index in [1.807, 2.05) is 0 Å². The maximum Gasteiger partial charge on any atom is 0.290 e. The molecule has 0 aliphatic heterocycles. The molecule has 0 amide bonds. The van der Waals surface area contributed by atoms with Crippen molar-refractivity contribution in [2.45, 2.75) is 6.92 Å². The number of phenols is 1. The molecule has 0 atom stereocenters. The van der Waals surface area contributed by atoms with Crippen molar-refractivity contribution in [3.63, 3.8) is 0 Å². The summed E-state index contributed by atoms with van der Waals surface area (Å²) in [5.41, 5.74) is -0.861. The Morgan fingerprint density at radius 2 is 2.20 bits per heavy atom. The summed E-state index contributed by atoms with van der Waals surface area (Å²) in [5, 5.41) is 28.4. The van der Waals surface area contributed by atoms with Crippen LogP contribution in [-0.2, 0) is 0 Å². The molecule has 0 fully saturated rings. The summed E-state index contributed by atoms with van der Waals surface area (Å²) < 4.78 is 0. The van der Waals surface area contributed by atoms with Crippen LogP contribution in [0, 0.1) is 21.4 Å². The number of phenolic OH excluding ortho intramolecular Hbond substituents is 1. The summed E-state index contributed by atoms with van der Waals surface area (Å²) in [6.07, 6.45) is 0. The maximum absolute atomic E-state index is 11.0. The van der Waals surface area contributed by atoms with Crippen molar-refractivity contribution in [2.75, 3.05) is 0 Å². The van der Waals surface area contributed by atoms with Gasteiger partial charge in [-0.3, -0.25) is 14.9 Å². The summed E-state index contributed by atoms with van der Waals surface area (Å²) in [6.45, 7) is 1.20. The second kappa shape index (κ2) is 3.75. The van der Waals surface area contributed by atoms with Gasteiger partial charge in [0.2, 0.25) is 0 Å². The second-order valence-electron chi connectivity index (χ2n) is 2.81. The Kier molecular flexibility index (Phi) is 2.67. The fourth-order valence-electron chi connectivity index (χ4n) is 1.10. The molecule has 0 unspecified atom stereocenters. The van der Waals surface area contributed by atoms with Crippen LogP contribution in [0.2, 0.25) is 0 Å². The molecule has 0 aliphatic carbocycles. The summed E-state index contributed by atoms with van der Waals surface area (Å²) in [7, 11) is 0. The number of aromatic hydroxyl groups is 1. The van der Waals surface area contributed by atoms with Gasteiger partial charge in [0.15, 0.2) is 5.78 Å². The van der Waals surface area contributed by atoms with Gasteiger partial charge in [-0.25, -0.2) is 0 Å². The maximum atomic E-state index is 11.0. The van der Waals surface area contributed by atoms with Crippen molar-refractivity contribution < 1.29 is 14.8 Å². The number of carbonyl (C=O) groups is 1. The van der Waals surface area contributed by atoms with Crippen molar-refractivity contribution >= 4 is 11.5 Å². The molecule has 0 saturated heterocycles. The zero-order chi connectivity index (χ0) is 11.6. The Morgan fingerprint density at radius 1 is 1.60 bits per heavy atom. The molecule has 1 aromatic carbocycles. The summed E-state index contributed by atoms with van der Waals surface area (Å²) in [4.78, 5) is 20.7. The van der Waals surface area contributed by atoms with Crippen LogP contribution >= 0.6 is 0 Å². The third-order valence-corrected chi connectivity index (χ3v) is 1.81. The molecular weight excluding hydrogens is 200 g/mol. The van der Waals surface area contributed by atoms with E-state index in [0.717, 1.165) is 12.1 Å². The Morgan fingerprint density at radius 3 is 2.60 bits per heavy atom. The molecule has 15 heavy (non-hydrogen) atoms. The van der Waals surface area contributed by atoms with Crippen molar-refractivity contribution in [1.82, 2.24) is 0 Å². The molecule has 0 heterocycles. The third-order valence-electron chi connectivity index (χ3n) is 1.81. The standard InChI is InChI=1S/C9H6N2O4/c1-5(12)7-2-6(4-10)8(11(14)15)3-9(7)13/h2-3,13H,1H3. The number of benzene rings is 1. The average molecular weight is 206 g/mol. The first-order valence-corrected chi connectivity index (χ1v) is 3.89. The minimum atomic E-state index is -0.789. The topological polar surface area (TPSA) is 104 Å². The van der Waals surface area contributed by atoms with Gasteiger partial charge in [0, 0.05) is 0 Å².